The molecule has 0 fully saturated rings. The van der Waals surface area contributed by atoms with Gasteiger partial charge in [-0.05, 0) is 31.7 Å². The second-order valence-electron chi connectivity index (χ2n) is 4.51. The minimum absolute atomic E-state index is 0.303. The van der Waals surface area contributed by atoms with Crippen molar-refractivity contribution in [3.8, 4) is 11.5 Å². The van der Waals surface area contributed by atoms with Gasteiger partial charge in [0.15, 0.2) is 11.5 Å². The Morgan fingerprint density at radius 2 is 2.00 bits per heavy atom. The molecule has 94 valence electrons. The van der Waals surface area contributed by atoms with Crippen LogP contribution in [0, 0.1) is 6.92 Å². The summed E-state index contributed by atoms with van der Waals surface area (Å²) < 4.78 is 10.8. The van der Waals surface area contributed by atoms with E-state index >= 15 is 0 Å². The first-order valence-corrected chi connectivity index (χ1v) is 6.12. The van der Waals surface area contributed by atoms with Crippen molar-refractivity contribution in [2.75, 3.05) is 20.4 Å². The lowest BCUT2D eigenvalue weighted by Crippen LogP contribution is -2.11. The van der Waals surface area contributed by atoms with Gasteiger partial charge in [-0.1, -0.05) is 0 Å². The molecule has 2 heterocycles. The van der Waals surface area contributed by atoms with Crippen LogP contribution in [-0.2, 0) is 6.42 Å². The van der Waals surface area contributed by atoms with Crippen LogP contribution in [0.4, 0.5) is 0 Å². The molecule has 1 aliphatic heterocycles. The predicted molar refractivity (Wildman–Crippen MR) is 70.2 cm³/mol. The van der Waals surface area contributed by atoms with Crippen molar-refractivity contribution in [2.45, 2.75) is 13.3 Å². The van der Waals surface area contributed by atoms with Gasteiger partial charge in [-0.15, -0.1) is 0 Å². The molecule has 1 N–H and O–H groups in total. The van der Waals surface area contributed by atoms with Gasteiger partial charge in [0.1, 0.15) is 0 Å². The van der Waals surface area contributed by atoms with Gasteiger partial charge in [-0.25, -0.2) is 0 Å². The van der Waals surface area contributed by atoms with E-state index < -0.39 is 0 Å². The van der Waals surface area contributed by atoms with E-state index in [0.717, 1.165) is 41.1 Å². The second kappa shape index (κ2) is 4.46. The molecule has 0 atom stereocenters. The van der Waals surface area contributed by atoms with Crippen molar-refractivity contribution in [1.82, 2.24) is 10.3 Å². The summed E-state index contributed by atoms with van der Waals surface area (Å²) in [6.45, 7) is 3.34. The number of nitrogens with zero attached hydrogens (tertiary/aromatic N) is 1. The fourth-order valence-corrected chi connectivity index (χ4v) is 2.24. The van der Waals surface area contributed by atoms with E-state index in [9.17, 15) is 0 Å². The Labute approximate surface area is 106 Å². The Morgan fingerprint density at radius 3 is 2.78 bits per heavy atom. The number of likely N-dealkylation sites (N-methyl/N-ethyl adjacent to an activating group) is 1. The van der Waals surface area contributed by atoms with Crippen LogP contribution in [0.25, 0.3) is 10.9 Å². The number of nitrogens with one attached hydrogen (secondary N) is 1. The Hall–Kier alpha value is -1.81. The number of aryl methyl sites for hydroxylation is 1. The molecule has 4 heteroatoms. The monoisotopic (exact) mass is 244 g/mol. The molecule has 2 aromatic rings. The van der Waals surface area contributed by atoms with Crippen LogP contribution in [0.2, 0.25) is 0 Å². The number of hydrogen-bond acceptors (Lipinski definition) is 4. The molecule has 0 saturated heterocycles. The maximum absolute atomic E-state index is 5.40. The number of rotatable bonds is 3. The minimum atomic E-state index is 0.303. The number of aromatic nitrogens is 1. The fraction of sp³-hybridized carbons (Fsp3) is 0.357. The largest absolute Gasteiger partial charge is 0.454 e. The Kier molecular flexibility index (Phi) is 2.80. The number of hydrogen-bond donors (Lipinski definition) is 1. The first-order chi connectivity index (χ1) is 8.78. The Balaban J connectivity index is 2.09. The molecule has 18 heavy (non-hydrogen) atoms. The van der Waals surface area contributed by atoms with Crippen LogP contribution in [0.5, 0.6) is 11.5 Å². The van der Waals surface area contributed by atoms with Crippen molar-refractivity contribution in [2.24, 2.45) is 0 Å². The number of ether oxygens (including phenoxy) is 2. The van der Waals surface area contributed by atoms with Crippen molar-refractivity contribution >= 4 is 10.9 Å². The van der Waals surface area contributed by atoms with Crippen molar-refractivity contribution in [3.05, 3.63) is 29.5 Å². The molecule has 1 aliphatic rings. The van der Waals surface area contributed by atoms with Crippen molar-refractivity contribution in [3.63, 3.8) is 0 Å². The average molecular weight is 244 g/mol. The zero-order valence-corrected chi connectivity index (χ0v) is 10.6. The molecule has 1 aromatic heterocycles. The molecule has 1 aromatic carbocycles. The van der Waals surface area contributed by atoms with Gasteiger partial charge >= 0.3 is 0 Å². The maximum atomic E-state index is 5.40. The number of benzene rings is 1. The van der Waals surface area contributed by atoms with Crippen LogP contribution in [-0.4, -0.2) is 25.4 Å². The lowest BCUT2D eigenvalue weighted by Gasteiger charge is -2.07. The third kappa shape index (κ3) is 1.88. The lowest BCUT2D eigenvalue weighted by molar-refractivity contribution is 0.174. The molecule has 0 radical (unpaired) electrons. The van der Waals surface area contributed by atoms with Gasteiger partial charge in [0.05, 0.1) is 5.52 Å². The van der Waals surface area contributed by atoms with Crippen molar-refractivity contribution < 1.29 is 9.47 Å². The summed E-state index contributed by atoms with van der Waals surface area (Å²) in [6.07, 6.45) is 0.932. The molecular weight excluding hydrogens is 228 g/mol. The summed E-state index contributed by atoms with van der Waals surface area (Å²) in [7, 11) is 1.95. The molecule has 4 nitrogen and oxygen atoms in total. The van der Waals surface area contributed by atoms with Crippen LogP contribution in [0.15, 0.2) is 18.2 Å². The summed E-state index contributed by atoms with van der Waals surface area (Å²) in [5, 5.41) is 4.27. The van der Waals surface area contributed by atoms with E-state index in [4.69, 9.17) is 9.47 Å². The Bertz CT molecular complexity index is 596. The molecule has 0 amide bonds. The number of fused-ring (bicyclic) bond motifs is 2. The summed E-state index contributed by atoms with van der Waals surface area (Å²) in [6, 6.07) is 6.12. The third-order valence-corrected chi connectivity index (χ3v) is 3.19. The van der Waals surface area contributed by atoms with E-state index in [1.807, 2.05) is 19.2 Å². The van der Waals surface area contributed by atoms with Crippen molar-refractivity contribution in [1.29, 1.82) is 0 Å². The molecule has 0 bridgehead atoms. The first-order valence-electron chi connectivity index (χ1n) is 6.12. The summed E-state index contributed by atoms with van der Waals surface area (Å²) in [4.78, 5) is 4.68. The molecular formula is C14H16N2O2. The molecule has 0 saturated carbocycles. The first kappa shape index (κ1) is 11.3. The normalized spacial score (nSPS) is 13.2. The average Bonchev–Trinajstić information content (AvgIpc) is 2.81. The fourth-order valence-electron chi connectivity index (χ4n) is 2.24. The Morgan fingerprint density at radius 1 is 1.22 bits per heavy atom. The molecule has 0 unspecified atom stereocenters. The van der Waals surface area contributed by atoms with Gasteiger partial charge in [0, 0.05) is 30.1 Å². The summed E-state index contributed by atoms with van der Waals surface area (Å²) in [5.41, 5.74) is 3.31. The van der Waals surface area contributed by atoms with Crippen LogP contribution >= 0.6 is 0 Å². The summed E-state index contributed by atoms with van der Waals surface area (Å²) in [5.74, 6) is 1.61. The van der Waals surface area contributed by atoms with Gasteiger partial charge < -0.3 is 14.8 Å². The SMILES string of the molecule is CNCCc1cc(C)c2cc3c(cc2n1)OCO3. The van der Waals surface area contributed by atoms with E-state index in [1.54, 1.807) is 0 Å². The standard InChI is InChI=1S/C14H16N2O2/c1-9-5-10(3-4-15-2)16-12-7-14-13(6-11(9)12)17-8-18-14/h5-7,15H,3-4,8H2,1-2H3. The van der Waals surface area contributed by atoms with E-state index in [0.29, 0.717) is 6.79 Å². The van der Waals surface area contributed by atoms with Gasteiger partial charge in [0.2, 0.25) is 6.79 Å². The molecule has 0 spiro atoms. The second-order valence-corrected chi connectivity index (χ2v) is 4.51. The van der Waals surface area contributed by atoms with E-state index in [-0.39, 0.29) is 0 Å². The molecule has 0 aliphatic carbocycles. The van der Waals surface area contributed by atoms with Gasteiger partial charge in [-0.3, -0.25) is 4.98 Å². The van der Waals surface area contributed by atoms with E-state index in [1.165, 1.54) is 5.56 Å². The van der Waals surface area contributed by atoms with Gasteiger partial charge in [-0.2, -0.15) is 0 Å². The highest BCUT2D eigenvalue weighted by molar-refractivity contribution is 5.86. The maximum Gasteiger partial charge on any atom is 0.231 e. The highest BCUT2D eigenvalue weighted by Gasteiger charge is 2.15. The predicted octanol–water partition coefficient (Wildman–Crippen LogP) is 2.03. The zero-order valence-electron chi connectivity index (χ0n) is 10.6. The topological polar surface area (TPSA) is 43.4 Å². The molecule has 3 rings (SSSR count). The lowest BCUT2D eigenvalue weighted by atomic mass is 10.1. The van der Waals surface area contributed by atoms with Gasteiger partial charge in [0.25, 0.3) is 0 Å². The third-order valence-electron chi connectivity index (χ3n) is 3.19. The van der Waals surface area contributed by atoms with Crippen LogP contribution in [0.3, 0.4) is 0 Å². The van der Waals surface area contributed by atoms with E-state index in [2.05, 4.69) is 23.3 Å². The highest BCUT2D eigenvalue weighted by Crippen LogP contribution is 2.36. The summed E-state index contributed by atoms with van der Waals surface area (Å²) >= 11 is 0. The quantitative estimate of drug-likeness (QED) is 0.897. The zero-order chi connectivity index (χ0) is 12.5. The highest BCUT2D eigenvalue weighted by atomic mass is 16.7. The van der Waals surface area contributed by atoms with Crippen LogP contribution in [0.1, 0.15) is 11.3 Å². The number of pyridine rings is 1. The smallest absolute Gasteiger partial charge is 0.231 e. The minimum Gasteiger partial charge on any atom is -0.454 e. The van der Waals surface area contributed by atoms with Crippen LogP contribution < -0.4 is 14.8 Å².